The number of hydroxylamine groups is 2. The fourth-order valence-corrected chi connectivity index (χ4v) is 1.13. The molecule has 1 radical (unpaired) electrons. The molecule has 0 N–H and O–H groups in total. The largest absolute Gasteiger partial charge is 0.294 e. The van der Waals surface area contributed by atoms with E-state index in [2.05, 4.69) is 13.1 Å². The van der Waals surface area contributed by atoms with Crippen LogP contribution in [0, 0.1) is 12.5 Å². The lowest BCUT2D eigenvalue weighted by Gasteiger charge is -2.27. The quantitative estimate of drug-likeness (QED) is 0.520. The van der Waals surface area contributed by atoms with Crippen molar-refractivity contribution in [2.45, 2.75) is 12.5 Å². The molecule has 0 aromatic heterocycles. The maximum atomic E-state index is 5.24. The van der Waals surface area contributed by atoms with Gasteiger partial charge in [-0.3, -0.25) is 4.84 Å². The van der Waals surface area contributed by atoms with Crippen molar-refractivity contribution in [2.24, 2.45) is 5.92 Å². The zero-order valence-electron chi connectivity index (χ0n) is 5.29. The zero-order chi connectivity index (χ0) is 6.27. The summed E-state index contributed by atoms with van der Waals surface area (Å²) in [6.07, 6.45) is 3.07. The molecule has 2 heteroatoms. The second-order valence-corrected chi connectivity index (χ2v) is 2.56. The van der Waals surface area contributed by atoms with E-state index in [1.54, 1.807) is 6.08 Å². The summed E-state index contributed by atoms with van der Waals surface area (Å²) in [6.45, 7) is 6.34. The van der Waals surface area contributed by atoms with Crippen LogP contribution in [0.25, 0.3) is 0 Å². The average molecular weight is 124 g/mol. The Morgan fingerprint density at radius 2 is 2.78 bits per heavy atom. The fourth-order valence-electron chi connectivity index (χ4n) is 1.13. The summed E-state index contributed by atoms with van der Waals surface area (Å²) in [7, 11) is 0. The number of hydrogen-bond acceptors (Lipinski definition) is 2. The molecule has 2 unspecified atom stereocenters. The van der Waals surface area contributed by atoms with Crippen LogP contribution in [0.15, 0.2) is 12.7 Å². The summed E-state index contributed by atoms with van der Waals surface area (Å²) in [5.41, 5.74) is 0. The summed E-state index contributed by atoms with van der Waals surface area (Å²) >= 11 is 0. The van der Waals surface area contributed by atoms with E-state index in [1.807, 2.05) is 5.06 Å². The molecular formula is C7H10NO. The highest BCUT2D eigenvalue weighted by Gasteiger charge is 2.53. The van der Waals surface area contributed by atoms with Crippen LogP contribution in [0.4, 0.5) is 0 Å². The van der Waals surface area contributed by atoms with E-state index < -0.39 is 0 Å². The highest BCUT2D eigenvalue weighted by atomic mass is 16.7. The van der Waals surface area contributed by atoms with Gasteiger partial charge in [0.25, 0.3) is 0 Å². The van der Waals surface area contributed by atoms with Crippen LogP contribution in [-0.4, -0.2) is 17.7 Å². The first-order valence-electron chi connectivity index (χ1n) is 3.29. The van der Waals surface area contributed by atoms with Crippen molar-refractivity contribution < 1.29 is 4.84 Å². The van der Waals surface area contributed by atoms with Crippen LogP contribution in [0.5, 0.6) is 0 Å². The second kappa shape index (κ2) is 1.82. The van der Waals surface area contributed by atoms with Gasteiger partial charge in [0.15, 0.2) is 0 Å². The summed E-state index contributed by atoms with van der Waals surface area (Å²) in [4.78, 5) is 5.24. The van der Waals surface area contributed by atoms with Crippen molar-refractivity contribution in [3.63, 3.8) is 0 Å². The Kier molecular flexibility index (Phi) is 1.10. The molecule has 0 aromatic rings. The van der Waals surface area contributed by atoms with Crippen molar-refractivity contribution in [3.05, 3.63) is 19.2 Å². The minimum Gasteiger partial charge on any atom is -0.294 e. The number of rotatable bonds is 3. The van der Waals surface area contributed by atoms with E-state index in [0.717, 1.165) is 12.0 Å². The minimum atomic E-state index is 0.639. The van der Waals surface area contributed by atoms with Gasteiger partial charge in [0.05, 0.1) is 13.2 Å². The molecule has 0 bridgehead atoms. The second-order valence-electron chi connectivity index (χ2n) is 2.56. The highest BCUT2D eigenvalue weighted by molar-refractivity contribution is 5.11. The molecule has 0 amide bonds. The lowest BCUT2D eigenvalue weighted by molar-refractivity contribution is -0.164. The van der Waals surface area contributed by atoms with Gasteiger partial charge in [-0.1, -0.05) is 6.08 Å². The van der Waals surface area contributed by atoms with Crippen molar-refractivity contribution in [2.75, 3.05) is 6.61 Å². The summed E-state index contributed by atoms with van der Waals surface area (Å²) in [6, 6.07) is 0.727. The molecule has 0 spiro atoms. The van der Waals surface area contributed by atoms with Crippen molar-refractivity contribution in [3.8, 4) is 0 Å². The molecule has 9 heavy (non-hydrogen) atoms. The van der Waals surface area contributed by atoms with Gasteiger partial charge in [-0.05, 0) is 12.3 Å². The Hall–Kier alpha value is -0.340. The van der Waals surface area contributed by atoms with Gasteiger partial charge in [-0.2, -0.15) is 5.06 Å². The first kappa shape index (κ1) is 5.45. The van der Waals surface area contributed by atoms with Gasteiger partial charge >= 0.3 is 0 Å². The lowest BCUT2D eigenvalue weighted by atomic mass is 10.3. The SMILES string of the molecule is C=CCON1[CH]C2CC21. The Bertz CT molecular complexity index is 135. The van der Waals surface area contributed by atoms with Gasteiger partial charge < -0.3 is 0 Å². The van der Waals surface area contributed by atoms with Crippen molar-refractivity contribution in [1.29, 1.82) is 0 Å². The van der Waals surface area contributed by atoms with Crippen LogP contribution < -0.4 is 0 Å². The first-order valence-corrected chi connectivity index (χ1v) is 3.29. The summed E-state index contributed by atoms with van der Waals surface area (Å²) in [5, 5.41) is 1.94. The van der Waals surface area contributed by atoms with E-state index in [0.29, 0.717) is 6.61 Å². The van der Waals surface area contributed by atoms with E-state index in [1.165, 1.54) is 6.42 Å². The molecule has 2 atom stereocenters. The van der Waals surface area contributed by atoms with Crippen LogP contribution >= 0.6 is 0 Å². The molecule has 49 valence electrons. The highest BCUT2D eigenvalue weighted by Crippen LogP contribution is 2.49. The third-order valence-electron chi connectivity index (χ3n) is 1.81. The normalized spacial score (nSPS) is 39.1. The molecule has 1 heterocycles. The summed E-state index contributed by atoms with van der Waals surface area (Å²) < 4.78 is 0. The Labute approximate surface area is 55.1 Å². The molecule has 1 saturated heterocycles. The van der Waals surface area contributed by atoms with E-state index in [9.17, 15) is 0 Å². The van der Waals surface area contributed by atoms with Crippen LogP contribution in [0.2, 0.25) is 0 Å². The minimum absolute atomic E-state index is 0.639. The van der Waals surface area contributed by atoms with Crippen molar-refractivity contribution in [1.82, 2.24) is 5.06 Å². The van der Waals surface area contributed by atoms with E-state index in [-0.39, 0.29) is 0 Å². The maximum absolute atomic E-state index is 5.24. The van der Waals surface area contributed by atoms with Gasteiger partial charge in [0.1, 0.15) is 0 Å². The standard InChI is InChI=1S/C7H10NO/c1-2-3-9-8-5-6-4-7(6)8/h2,5-7H,1,3-4H2. The predicted octanol–water partition coefficient (Wildman–Crippen LogP) is 0.970. The zero-order valence-corrected chi connectivity index (χ0v) is 5.29. The third kappa shape index (κ3) is 0.787. The topological polar surface area (TPSA) is 12.5 Å². The molecule has 0 aromatic carbocycles. The molecule has 1 aliphatic heterocycles. The Morgan fingerprint density at radius 1 is 1.89 bits per heavy atom. The fraction of sp³-hybridized carbons (Fsp3) is 0.571. The molecule has 1 saturated carbocycles. The summed E-state index contributed by atoms with van der Waals surface area (Å²) in [5.74, 6) is 0.856. The van der Waals surface area contributed by atoms with E-state index >= 15 is 0 Å². The predicted molar refractivity (Wildman–Crippen MR) is 34.2 cm³/mol. The van der Waals surface area contributed by atoms with Gasteiger partial charge in [-0.15, -0.1) is 6.58 Å². The first-order chi connectivity index (χ1) is 4.42. The maximum Gasteiger partial charge on any atom is 0.0864 e. The number of nitrogens with zero attached hydrogens (tertiary/aromatic N) is 1. The van der Waals surface area contributed by atoms with E-state index in [4.69, 9.17) is 4.84 Å². The van der Waals surface area contributed by atoms with Gasteiger partial charge in [0, 0.05) is 6.04 Å². The molecule has 2 nitrogen and oxygen atoms in total. The number of hydrogen-bond donors (Lipinski definition) is 0. The Morgan fingerprint density at radius 3 is 3.22 bits per heavy atom. The van der Waals surface area contributed by atoms with Gasteiger partial charge in [0.2, 0.25) is 0 Å². The van der Waals surface area contributed by atoms with Crippen LogP contribution in [-0.2, 0) is 4.84 Å². The number of fused-ring (bicyclic) bond motifs is 1. The van der Waals surface area contributed by atoms with Crippen molar-refractivity contribution >= 4 is 0 Å². The monoisotopic (exact) mass is 124 g/mol. The smallest absolute Gasteiger partial charge is 0.0864 e. The average Bonchev–Trinajstić information content (AvgIpc) is 2.44. The molecular weight excluding hydrogens is 114 g/mol. The third-order valence-corrected chi connectivity index (χ3v) is 1.81. The van der Waals surface area contributed by atoms with Crippen LogP contribution in [0.3, 0.4) is 0 Å². The molecule has 2 aliphatic rings. The molecule has 1 aliphatic carbocycles. The Balaban J connectivity index is 1.69. The lowest BCUT2D eigenvalue weighted by Crippen LogP contribution is -2.34. The molecule has 2 fully saturated rings. The van der Waals surface area contributed by atoms with Crippen LogP contribution in [0.1, 0.15) is 6.42 Å². The van der Waals surface area contributed by atoms with Gasteiger partial charge in [-0.25, -0.2) is 0 Å². The molecule has 2 rings (SSSR count).